The largest absolute Gasteiger partial charge is 0.496 e. The number of carbonyl (C=O) groups excluding carboxylic acids is 1. The number of amides is 1. The number of rotatable bonds is 7. The van der Waals surface area contributed by atoms with Crippen molar-refractivity contribution in [3.63, 3.8) is 0 Å². The van der Waals surface area contributed by atoms with Crippen molar-refractivity contribution in [1.82, 2.24) is 9.80 Å². The first-order chi connectivity index (χ1) is 11.5. The van der Waals surface area contributed by atoms with E-state index < -0.39 is 0 Å². The molecule has 134 valence electrons. The Labute approximate surface area is 145 Å². The first-order valence-corrected chi connectivity index (χ1v) is 8.81. The van der Waals surface area contributed by atoms with Gasteiger partial charge in [0.25, 0.3) is 5.91 Å². The average Bonchev–Trinajstić information content (AvgIpc) is 2.60. The van der Waals surface area contributed by atoms with Crippen molar-refractivity contribution in [2.45, 2.75) is 27.4 Å². The highest BCUT2D eigenvalue weighted by atomic mass is 16.5. The molecule has 0 aliphatic carbocycles. The van der Waals surface area contributed by atoms with Crippen molar-refractivity contribution < 1.29 is 14.3 Å². The number of methoxy groups -OCH3 is 1. The van der Waals surface area contributed by atoms with Crippen LogP contribution in [0.1, 0.15) is 36.7 Å². The standard InChI is InChI=1S/C19H30N2O3/c1-5-20-8-10-21(11-9-20)19(22)16-6-7-18(23-4)17(12-16)14-24-13-15(2)3/h6-7,12,15H,5,8-11,13-14H2,1-4H3. The fourth-order valence-corrected chi connectivity index (χ4v) is 2.88. The van der Waals surface area contributed by atoms with Crippen molar-refractivity contribution in [3.05, 3.63) is 29.3 Å². The van der Waals surface area contributed by atoms with E-state index in [9.17, 15) is 4.79 Å². The normalized spacial score (nSPS) is 15.8. The number of hydrogen-bond donors (Lipinski definition) is 0. The van der Waals surface area contributed by atoms with E-state index in [-0.39, 0.29) is 5.91 Å². The average molecular weight is 334 g/mol. The molecule has 5 heteroatoms. The molecule has 0 saturated carbocycles. The molecular weight excluding hydrogens is 304 g/mol. The third kappa shape index (κ3) is 4.95. The van der Waals surface area contributed by atoms with E-state index >= 15 is 0 Å². The van der Waals surface area contributed by atoms with Gasteiger partial charge in [-0.1, -0.05) is 20.8 Å². The van der Waals surface area contributed by atoms with Crippen LogP contribution in [0.4, 0.5) is 0 Å². The summed E-state index contributed by atoms with van der Waals surface area (Å²) in [6.07, 6.45) is 0. The molecule has 1 aliphatic heterocycles. The first-order valence-electron chi connectivity index (χ1n) is 8.81. The van der Waals surface area contributed by atoms with Crippen LogP contribution in [0.25, 0.3) is 0 Å². The quantitative estimate of drug-likeness (QED) is 0.769. The second kappa shape index (κ2) is 9.04. The molecular formula is C19H30N2O3. The monoisotopic (exact) mass is 334 g/mol. The van der Waals surface area contributed by atoms with E-state index in [4.69, 9.17) is 9.47 Å². The van der Waals surface area contributed by atoms with Gasteiger partial charge in [0.1, 0.15) is 5.75 Å². The van der Waals surface area contributed by atoms with Gasteiger partial charge in [0, 0.05) is 43.9 Å². The molecule has 0 atom stereocenters. The maximum Gasteiger partial charge on any atom is 0.253 e. The Kier molecular flexibility index (Phi) is 7.06. The molecule has 0 unspecified atom stereocenters. The SMILES string of the molecule is CCN1CCN(C(=O)c2ccc(OC)c(COCC(C)C)c2)CC1. The Hall–Kier alpha value is -1.59. The molecule has 1 heterocycles. The molecule has 0 radical (unpaired) electrons. The molecule has 0 N–H and O–H groups in total. The molecule has 1 aromatic rings. The van der Waals surface area contributed by atoms with E-state index in [0.29, 0.717) is 24.7 Å². The number of carbonyl (C=O) groups is 1. The van der Waals surface area contributed by atoms with E-state index in [1.807, 2.05) is 23.1 Å². The van der Waals surface area contributed by atoms with Gasteiger partial charge in [0.05, 0.1) is 13.7 Å². The van der Waals surface area contributed by atoms with Crippen LogP contribution in [-0.2, 0) is 11.3 Å². The van der Waals surface area contributed by atoms with Crippen molar-refractivity contribution in [2.75, 3.05) is 46.4 Å². The van der Waals surface area contributed by atoms with Crippen LogP contribution < -0.4 is 4.74 Å². The summed E-state index contributed by atoms with van der Waals surface area (Å²) in [6, 6.07) is 5.62. The van der Waals surface area contributed by atoms with Gasteiger partial charge in [-0.3, -0.25) is 4.79 Å². The molecule has 5 nitrogen and oxygen atoms in total. The Morgan fingerprint density at radius 1 is 1.21 bits per heavy atom. The Morgan fingerprint density at radius 2 is 1.92 bits per heavy atom. The zero-order valence-electron chi connectivity index (χ0n) is 15.4. The molecule has 1 saturated heterocycles. The third-order valence-corrected chi connectivity index (χ3v) is 4.34. The van der Waals surface area contributed by atoms with Gasteiger partial charge in [0.2, 0.25) is 0 Å². The van der Waals surface area contributed by atoms with Gasteiger partial charge >= 0.3 is 0 Å². The van der Waals surface area contributed by atoms with Crippen LogP contribution in [0.3, 0.4) is 0 Å². The molecule has 0 bridgehead atoms. The van der Waals surface area contributed by atoms with Gasteiger partial charge in [-0.05, 0) is 30.7 Å². The summed E-state index contributed by atoms with van der Waals surface area (Å²) in [7, 11) is 1.65. The first kappa shape index (κ1) is 18.7. The zero-order chi connectivity index (χ0) is 17.5. The molecule has 0 spiro atoms. The van der Waals surface area contributed by atoms with Crippen molar-refractivity contribution in [1.29, 1.82) is 0 Å². The van der Waals surface area contributed by atoms with Crippen LogP contribution in [0, 0.1) is 5.92 Å². The lowest BCUT2D eigenvalue weighted by Gasteiger charge is -2.34. The molecule has 1 aliphatic rings. The van der Waals surface area contributed by atoms with Crippen LogP contribution in [0.15, 0.2) is 18.2 Å². The summed E-state index contributed by atoms with van der Waals surface area (Å²) < 4.78 is 11.1. The van der Waals surface area contributed by atoms with E-state index in [2.05, 4.69) is 25.7 Å². The summed E-state index contributed by atoms with van der Waals surface area (Å²) in [5.41, 5.74) is 1.64. The number of benzene rings is 1. The number of hydrogen-bond acceptors (Lipinski definition) is 4. The predicted octanol–water partition coefficient (Wildman–Crippen LogP) is 2.65. The Morgan fingerprint density at radius 3 is 2.50 bits per heavy atom. The van der Waals surface area contributed by atoms with E-state index in [0.717, 1.165) is 44.0 Å². The summed E-state index contributed by atoms with van der Waals surface area (Å²) in [6.45, 7) is 12.1. The predicted molar refractivity (Wildman–Crippen MR) is 95.5 cm³/mol. The second-order valence-corrected chi connectivity index (χ2v) is 6.66. The summed E-state index contributed by atoms with van der Waals surface area (Å²) in [5, 5.41) is 0. The maximum absolute atomic E-state index is 12.8. The third-order valence-electron chi connectivity index (χ3n) is 4.34. The molecule has 1 amide bonds. The number of likely N-dealkylation sites (N-methyl/N-ethyl adjacent to an activating group) is 1. The van der Waals surface area contributed by atoms with Crippen LogP contribution in [0.2, 0.25) is 0 Å². The second-order valence-electron chi connectivity index (χ2n) is 6.66. The van der Waals surface area contributed by atoms with Gasteiger partial charge < -0.3 is 19.3 Å². The lowest BCUT2D eigenvalue weighted by Crippen LogP contribution is -2.48. The number of ether oxygens (including phenoxy) is 2. The Balaban J connectivity index is 2.05. The van der Waals surface area contributed by atoms with Crippen molar-refractivity contribution >= 4 is 5.91 Å². The maximum atomic E-state index is 12.8. The van der Waals surface area contributed by atoms with Crippen molar-refractivity contribution in [3.8, 4) is 5.75 Å². The van der Waals surface area contributed by atoms with Crippen LogP contribution in [0.5, 0.6) is 5.75 Å². The summed E-state index contributed by atoms with van der Waals surface area (Å²) in [4.78, 5) is 17.1. The van der Waals surface area contributed by atoms with Crippen molar-refractivity contribution in [2.24, 2.45) is 5.92 Å². The lowest BCUT2D eigenvalue weighted by atomic mass is 10.1. The number of nitrogens with zero attached hydrogens (tertiary/aromatic N) is 2. The highest BCUT2D eigenvalue weighted by Gasteiger charge is 2.22. The van der Waals surface area contributed by atoms with E-state index in [1.165, 1.54) is 0 Å². The van der Waals surface area contributed by atoms with Crippen LogP contribution >= 0.6 is 0 Å². The molecule has 2 rings (SSSR count). The van der Waals surface area contributed by atoms with Gasteiger partial charge in [-0.25, -0.2) is 0 Å². The fraction of sp³-hybridized carbons (Fsp3) is 0.632. The highest BCUT2D eigenvalue weighted by Crippen LogP contribution is 2.22. The fourth-order valence-electron chi connectivity index (χ4n) is 2.88. The smallest absolute Gasteiger partial charge is 0.253 e. The molecule has 24 heavy (non-hydrogen) atoms. The molecule has 1 aromatic carbocycles. The topological polar surface area (TPSA) is 42.0 Å². The minimum absolute atomic E-state index is 0.0958. The molecule has 1 fully saturated rings. The lowest BCUT2D eigenvalue weighted by molar-refractivity contribution is 0.0642. The van der Waals surface area contributed by atoms with E-state index in [1.54, 1.807) is 7.11 Å². The summed E-state index contributed by atoms with van der Waals surface area (Å²) >= 11 is 0. The summed E-state index contributed by atoms with van der Waals surface area (Å²) in [5.74, 6) is 1.35. The van der Waals surface area contributed by atoms with Gasteiger partial charge in [-0.15, -0.1) is 0 Å². The van der Waals surface area contributed by atoms with Gasteiger partial charge in [0.15, 0.2) is 0 Å². The highest BCUT2D eigenvalue weighted by molar-refractivity contribution is 5.94. The molecule has 0 aromatic heterocycles. The van der Waals surface area contributed by atoms with Crippen LogP contribution in [-0.4, -0.2) is 62.1 Å². The van der Waals surface area contributed by atoms with Gasteiger partial charge in [-0.2, -0.15) is 0 Å². The number of piperazine rings is 1. The Bertz CT molecular complexity index is 537. The minimum Gasteiger partial charge on any atom is -0.496 e. The minimum atomic E-state index is 0.0958. The zero-order valence-corrected chi connectivity index (χ0v) is 15.4.